The fourth-order valence-electron chi connectivity index (χ4n) is 3.76. The number of rotatable bonds is 7. The lowest BCUT2D eigenvalue weighted by Gasteiger charge is -2.30. The number of amides is 1. The third kappa shape index (κ3) is 4.84. The van der Waals surface area contributed by atoms with E-state index in [4.69, 9.17) is 14.2 Å². The fourth-order valence-corrected chi connectivity index (χ4v) is 5.25. The molecule has 8 nitrogen and oxygen atoms in total. The molecule has 0 saturated heterocycles. The number of nitrogens with one attached hydrogen (secondary N) is 1. The molecule has 0 unspecified atom stereocenters. The number of carbonyl (C=O) groups excluding carboxylic acids is 1. The first-order valence-electron chi connectivity index (χ1n) is 10.9. The monoisotopic (exact) mass is 488 g/mol. The van der Waals surface area contributed by atoms with E-state index in [1.165, 1.54) is 26.8 Å². The second-order valence-electron chi connectivity index (χ2n) is 9.03. The maximum absolute atomic E-state index is 13.2. The predicted octanol–water partition coefficient (Wildman–Crippen LogP) is 3.71. The molecule has 2 aromatic rings. The van der Waals surface area contributed by atoms with Gasteiger partial charge in [-0.15, -0.1) is 0 Å². The Morgan fingerprint density at radius 2 is 1.62 bits per heavy atom. The zero-order valence-corrected chi connectivity index (χ0v) is 21.5. The highest BCUT2D eigenvalue weighted by Gasteiger charge is 2.38. The van der Waals surface area contributed by atoms with Crippen LogP contribution in [0, 0.1) is 0 Å². The van der Waals surface area contributed by atoms with Crippen LogP contribution in [0.3, 0.4) is 0 Å². The van der Waals surface area contributed by atoms with Crippen LogP contribution in [-0.2, 0) is 20.2 Å². The first kappa shape index (κ1) is 25.4. The number of sulfonamides is 1. The maximum Gasteiger partial charge on any atom is 0.269 e. The number of methoxy groups -OCH3 is 2. The molecule has 34 heavy (non-hydrogen) atoms. The number of hydrogen-bond donors (Lipinski definition) is 1. The van der Waals surface area contributed by atoms with E-state index >= 15 is 0 Å². The van der Waals surface area contributed by atoms with E-state index in [1.54, 1.807) is 19.1 Å². The van der Waals surface area contributed by atoms with Crippen LogP contribution in [-0.4, -0.2) is 48.7 Å². The fraction of sp³-hybridized carbons (Fsp3) is 0.400. The van der Waals surface area contributed by atoms with E-state index in [-0.39, 0.29) is 23.5 Å². The van der Waals surface area contributed by atoms with Gasteiger partial charge in [0.2, 0.25) is 0 Å². The summed E-state index contributed by atoms with van der Waals surface area (Å²) in [6.45, 7) is 8.36. The molecule has 1 aliphatic heterocycles. The van der Waals surface area contributed by atoms with Crippen molar-refractivity contribution in [3.05, 3.63) is 52.4 Å². The minimum Gasteiger partial charge on any atom is -0.493 e. The van der Waals surface area contributed by atoms with Gasteiger partial charge >= 0.3 is 0 Å². The van der Waals surface area contributed by atoms with Crippen LogP contribution < -0.4 is 23.8 Å². The predicted molar refractivity (Wildman–Crippen MR) is 133 cm³/mol. The van der Waals surface area contributed by atoms with Crippen molar-refractivity contribution in [1.82, 2.24) is 5.32 Å². The van der Waals surface area contributed by atoms with Gasteiger partial charge in [-0.3, -0.25) is 9.10 Å². The highest BCUT2D eigenvalue weighted by atomic mass is 32.2. The molecule has 9 heteroatoms. The quantitative estimate of drug-likeness (QED) is 0.597. The second kappa shape index (κ2) is 9.58. The Bertz CT molecular complexity index is 1210. The molecule has 184 valence electrons. The number of benzene rings is 2. The molecule has 0 atom stereocenters. The maximum atomic E-state index is 13.2. The van der Waals surface area contributed by atoms with E-state index in [1.807, 2.05) is 24.3 Å². The molecular formula is C25H32N2O6S. The van der Waals surface area contributed by atoms with Crippen LogP contribution >= 0.6 is 0 Å². The summed E-state index contributed by atoms with van der Waals surface area (Å²) in [6, 6.07) is 11.0. The topological polar surface area (TPSA) is 94.2 Å². The molecular weight excluding hydrogens is 456 g/mol. The van der Waals surface area contributed by atoms with Crippen molar-refractivity contribution >= 4 is 27.2 Å². The molecule has 0 aliphatic carbocycles. The lowest BCUT2D eigenvalue weighted by molar-refractivity contribution is -0.116. The highest BCUT2D eigenvalue weighted by molar-refractivity contribution is 7.97. The Morgan fingerprint density at radius 1 is 1.03 bits per heavy atom. The molecule has 0 radical (unpaired) electrons. The third-order valence-electron chi connectivity index (χ3n) is 5.79. The average molecular weight is 489 g/mol. The van der Waals surface area contributed by atoms with E-state index in [0.717, 1.165) is 4.31 Å². The molecule has 1 amide bonds. The number of anilines is 1. The van der Waals surface area contributed by atoms with Crippen molar-refractivity contribution in [3.8, 4) is 17.2 Å². The van der Waals surface area contributed by atoms with Gasteiger partial charge in [-0.1, -0.05) is 32.9 Å². The van der Waals surface area contributed by atoms with Gasteiger partial charge in [0.25, 0.3) is 15.9 Å². The average Bonchev–Trinajstić information content (AvgIpc) is 2.79. The summed E-state index contributed by atoms with van der Waals surface area (Å²) in [7, 11) is 0.327. The molecule has 0 bridgehead atoms. The van der Waals surface area contributed by atoms with Gasteiger partial charge in [0.05, 0.1) is 26.5 Å². The lowest BCUT2D eigenvalue weighted by Crippen LogP contribution is -2.40. The van der Waals surface area contributed by atoms with Crippen LogP contribution in [0.25, 0.3) is 5.57 Å². The number of hydrogen-bond acceptors (Lipinski definition) is 6. The molecule has 1 N–H and O–H groups in total. The molecule has 0 saturated carbocycles. The van der Waals surface area contributed by atoms with E-state index in [2.05, 4.69) is 26.1 Å². The normalized spacial score (nSPS) is 15.0. The van der Waals surface area contributed by atoms with Crippen molar-refractivity contribution in [3.63, 3.8) is 0 Å². The van der Waals surface area contributed by atoms with Crippen LogP contribution in [0.1, 0.15) is 38.8 Å². The van der Waals surface area contributed by atoms with Crippen molar-refractivity contribution in [2.45, 2.75) is 33.1 Å². The van der Waals surface area contributed by atoms with Crippen LogP contribution in [0.2, 0.25) is 0 Å². The van der Waals surface area contributed by atoms with Crippen LogP contribution in [0.5, 0.6) is 17.2 Å². The number of carbonyl (C=O) groups is 1. The first-order chi connectivity index (χ1) is 15.9. The van der Waals surface area contributed by atoms with Crippen molar-refractivity contribution in [1.29, 1.82) is 0 Å². The molecule has 2 aromatic carbocycles. The zero-order chi connectivity index (χ0) is 25.3. The molecule has 0 aromatic heterocycles. The second-order valence-corrected chi connectivity index (χ2v) is 10.9. The molecule has 0 fully saturated rings. The van der Waals surface area contributed by atoms with Crippen molar-refractivity contribution < 1.29 is 27.4 Å². The number of allylic oxidation sites excluding steroid dienone is 1. The van der Waals surface area contributed by atoms with Crippen LogP contribution in [0.15, 0.2) is 41.3 Å². The summed E-state index contributed by atoms with van der Waals surface area (Å²) in [4.78, 5) is 12.6. The van der Waals surface area contributed by atoms with E-state index in [9.17, 15) is 13.2 Å². The van der Waals surface area contributed by atoms with Crippen LogP contribution in [0.4, 0.5) is 5.69 Å². The molecule has 1 aliphatic rings. The van der Waals surface area contributed by atoms with Crippen molar-refractivity contribution in [2.24, 2.45) is 0 Å². The van der Waals surface area contributed by atoms with Gasteiger partial charge < -0.3 is 19.5 Å². The molecule has 1 heterocycles. The van der Waals surface area contributed by atoms with Gasteiger partial charge in [0.1, 0.15) is 12.4 Å². The Balaban J connectivity index is 1.76. The Kier molecular flexibility index (Phi) is 7.16. The summed E-state index contributed by atoms with van der Waals surface area (Å²) < 4.78 is 43.7. The van der Waals surface area contributed by atoms with Crippen molar-refractivity contribution in [2.75, 3.05) is 38.7 Å². The zero-order valence-electron chi connectivity index (χ0n) is 20.7. The summed E-state index contributed by atoms with van der Waals surface area (Å²) >= 11 is 0. The van der Waals surface area contributed by atoms with Gasteiger partial charge in [-0.05, 0) is 41.7 Å². The SMILES string of the molecule is COc1cc2c(cc1OC)N(C)S(=O)(=O)C(C(=O)NCCOc1ccc(C(C)(C)C)cc1)=C2C. The molecule has 3 rings (SSSR count). The Hall–Kier alpha value is -3.20. The summed E-state index contributed by atoms with van der Waals surface area (Å²) in [6.07, 6.45) is 0. The number of nitrogens with zero attached hydrogens (tertiary/aromatic N) is 1. The Labute approximate surface area is 201 Å². The van der Waals surface area contributed by atoms with Gasteiger partial charge in [-0.2, -0.15) is 0 Å². The van der Waals surface area contributed by atoms with E-state index < -0.39 is 15.9 Å². The smallest absolute Gasteiger partial charge is 0.269 e. The largest absolute Gasteiger partial charge is 0.493 e. The van der Waals surface area contributed by atoms with Gasteiger partial charge in [-0.25, -0.2) is 8.42 Å². The van der Waals surface area contributed by atoms with Gasteiger partial charge in [0.15, 0.2) is 16.4 Å². The summed E-state index contributed by atoms with van der Waals surface area (Å²) in [5, 5.41) is 2.66. The number of fused-ring (bicyclic) bond motifs is 1. The first-order valence-corrected chi connectivity index (χ1v) is 12.3. The summed E-state index contributed by atoms with van der Waals surface area (Å²) in [5.74, 6) is 0.838. The van der Waals surface area contributed by atoms with E-state index in [0.29, 0.717) is 34.1 Å². The number of ether oxygens (including phenoxy) is 3. The summed E-state index contributed by atoms with van der Waals surface area (Å²) in [5.41, 5.74) is 2.57. The Morgan fingerprint density at radius 3 is 2.18 bits per heavy atom. The minimum absolute atomic E-state index is 0.0461. The third-order valence-corrected chi connectivity index (χ3v) is 7.71. The standard InChI is InChI=1S/C25H32N2O6S/c1-16-19-14-21(31-6)22(32-7)15-20(19)27(5)34(29,30)23(16)24(28)26-12-13-33-18-10-8-17(9-11-18)25(2,3)4/h8-11,14-15H,12-13H2,1-7H3,(H,26,28). The highest BCUT2D eigenvalue weighted by Crippen LogP contribution is 2.44. The lowest BCUT2D eigenvalue weighted by atomic mass is 9.87. The molecule has 0 spiro atoms. The van der Waals surface area contributed by atoms with Gasteiger partial charge in [0, 0.05) is 18.7 Å². The minimum atomic E-state index is -4.05.